The fourth-order valence-electron chi connectivity index (χ4n) is 2.46. The van der Waals surface area contributed by atoms with Gasteiger partial charge >= 0.3 is 0 Å². The summed E-state index contributed by atoms with van der Waals surface area (Å²) in [5.41, 5.74) is 5.67. The molecule has 110 valence electrons. The highest BCUT2D eigenvalue weighted by molar-refractivity contribution is 5.86. The van der Waals surface area contributed by atoms with E-state index in [4.69, 9.17) is 5.73 Å². The number of carbonyl (C=O) groups is 1. The standard InChI is InChI=1S/C17H19FN2O/c1-2-17(16(19)21,14-10-6-7-11-15(14)18)20-12-13-8-4-3-5-9-13/h3-11,20H,2,12H2,1H3,(H2,19,21). The Kier molecular flexibility index (Phi) is 4.70. The number of carbonyl (C=O) groups excluding carboxylic acids is 1. The maximum atomic E-state index is 14.1. The molecule has 3 nitrogen and oxygen atoms in total. The molecule has 1 unspecified atom stereocenters. The molecule has 0 heterocycles. The summed E-state index contributed by atoms with van der Waals surface area (Å²) in [5.74, 6) is -1.01. The molecule has 0 aliphatic carbocycles. The van der Waals surface area contributed by atoms with Gasteiger partial charge in [0.25, 0.3) is 0 Å². The molecule has 1 amide bonds. The maximum absolute atomic E-state index is 14.1. The van der Waals surface area contributed by atoms with Crippen LogP contribution >= 0.6 is 0 Å². The molecule has 21 heavy (non-hydrogen) atoms. The molecule has 0 aliphatic heterocycles. The van der Waals surface area contributed by atoms with E-state index in [1.54, 1.807) is 18.2 Å². The van der Waals surface area contributed by atoms with Gasteiger partial charge in [0.1, 0.15) is 11.4 Å². The van der Waals surface area contributed by atoms with Crippen LogP contribution in [-0.4, -0.2) is 5.91 Å². The number of nitrogens with two attached hydrogens (primary N) is 1. The number of nitrogens with one attached hydrogen (secondary N) is 1. The van der Waals surface area contributed by atoms with Gasteiger partial charge in [0.05, 0.1) is 0 Å². The van der Waals surface area contributed by atoms with Crippen molar-refractivity contribution < 1.29 is 9.18 Å². The second kappa shape index (κ2) is 6.50. The molecule has 2 aromatic rings. The Labute approximate surface area is 124 Å². The summed E-state index contributed by atoms with van der Waals surface area (Å²) in [6.45, 7) is 2.25. The van der Waals surface area contributed by atoms with Crippen LogP contribution in [0.4, 0.5) is 4.39 Å². The summed E-state index contributed by atoms with van der Waals surface area (Å²) < 4.78 is 14.1. The first-order valence-electron chi connectivity index (χ1n) is 6.94. The van der Waals surface area contributed by atoms with E-state index in [0.29, 0.717) is 13.0 Å². The molecular formula is C17H19FN2O. The molecule has 0 bridgehead atoms. The third-order valence-electron chi connectivity index (χ3n) is 3.72. The highest BCUT2D eigenvalue weighted by Gasteiger charge is 2.38. The lowest BCUT2D eigenvalue weighted by atomic mass is 9.85. The zero-order valence-corrected chi connectivity index (χ0v) is 12.0. The minimum atomic E-state index is -1.21. The van der Waals surface area contributed by atoms with Crippen molar-refractivity contribution in [2.75, 3.05) is 0 Å². The molecule has 1 atom stereocenters. The number of hydrogen-bond acceptors (Lipinski definition) is 2. The average Bonchev–Trinajstić information content (AvgIpc) is 2.50. The van der Waals surface area contributed by atoms with E-state index in [1.807, 2.05) is 37.3 Å². The molecule has 0 spiro atoms. The summed E-state index contributed by atoms with van der Waals surface area (Å²) in [5, 5.41) is 3.14. The first-order chi connectivity index (χ1) is 10.1. The number of rotatable bonds is 6. The van der Waals surface area contributed by atoms with E-state index in [0.717, 1.165) is 5.56 Å². The van der Waals surface area contributed by atoms with Crippen LogP contribution in [0.5, 0.6) is 0 Å². The third kappa shape index (κ3) is 3.11. The highest BCUT2D eigenvalue weighted by Crippen LogP contribution is 2.27. The monoisotopic (exact) mass is 286 g/mol. The second-order valence-electron chi connectivity index (χ2n) is 4.94. The first kappa shape index (κ1) is 15.2. The van der Waals surface area contributed by atoms with E-state index in [2.05, 4.69) is 5.32 Å². The van der Waals surface area contributed by atoms with Crippen molar-refractivity contribution in [3.8, 4) is 0 Å². The van der Waals surface area contributed by atoms with Gasteiger partial charge in [0.2, 0.25) is 5.91 Å². The molecule has 0 saturated heterocycles. The van der Waals surface area contributed by atoms with Gasteiger partial charge in [-0.2, -0.15) is 0 Å². The van der Waals surface area contributed by atoms with Gasteiger partial charge in [0, 0.05) is 12.1 Å². The summed E-state index contributed by atoms with van der Waals surface area (Å²) in [6, 6.07) is 15.9. The van der Waals surface area contributed by atoms with Gasteiger partial charge in [-0.1, -0.05) is 55.5 Å². The van der Waals surface area contributed by atoms with Crippen LogP contribution in [0.3, 0.4) is 0 Å². The van der Waals surface area contributed by atoms with Crippen molar-refractivity contribution in [1.29, 1.82) is 0 Å². The molecule has 0 radical (unpaired) electrons. The Bertz CT molecular complexity index is 615. The van der Waals surface area contributed by atoms with Crippen molar-refractivity contribution in [3.63, 3.8) is 0 Å². The van der Waals surface area contributed by atoms with Gasteiger partial charge in [0.15, 0.2) is 0 Å². The number of primary amides is 1. The van der Waals surface area contributed by atoms with Crippen LogP contribution in [0, 0.1) is 5.82 Å². The predicted octanol–water partition coefficient (Wildman–Crippen LogP) is 2.71. The third-order valence-corrected chi connectivity index (χ3v) is 3.72. The van der Waals surface area contributed by atoms with Crippen LogP contribution in [0.2, 0.25) is 0 Å². The average molecular weight is 286 g/mol. The number of benzene rings is 2. The molecule has 0 saturated carbocycles. The summed E-state index contributed by atoms with van der Waals surface area (Å²) >= 11 is 0. The molecule has 3 N–H and O–H groups in total. The van der Waals surface area contributed by atoms with Gasteiger partial charge in [-0.25, -0.2) is 4.39 Å². The van der Waals surface area contributed by atoms with E-state index < -0.39 is 17.3 Å². The van der Waals surface area contributed by atoms with Crippen molar-refractivity contribution in [3.05, 3.63) is 71.5 Å². The molecule has 2 rings (SSSR count). The quantitative estimate of drug-likeness (QED) is 0.858. The second-order valence-corrected chi connectivity index (χ2v) is 4.94. The fraction of sp³-hybridized carbons (Fsp3) is 0.235. The summed E-state index contributed by atoms with van der Waals surface area (Å²) in [6.07, 6.45) is 0.371. The van der Waals surface area contributed by atoms with E-state index in [9.17, 15) is 9.18 Å². The topological polar surface area (TPSA) is 55.1 Å². The zero-order chi connectivity index (χ0) is 15.3. The number of hydrogen-bond donors (Lipinski definition) is 2. The zero-order valence-electron chi connectivity index (χ0n) is 12.0. The van der Waals surface area contributed by atoms with Crippen LogP contribution < -0.4 is 11.1 Å². The Morgan fingerprint density at radius 1 is 1.14 bits per heavy atom. The minimum Gasteiger partial charge on any atom is -0.368 e. The maximum Gasteiger partial charge on any atom is 0.242 e. The molecule has 0 aromatic heterocycles. The lowest BCUT2D eigenvalue weighted by molar-refractivity contribution is -0.125. The first-order valence-corrected chi connectivity index (χ1v) is 6.94. The van der Waals surface area contributed by atoms with Gasteiger partial charge in [-0.3, -0.25) is 10.1 Å². The van der Waals surface area contributed by atoms with E-state index >= 15 is 0 Å². The Hall–Kier alpha value is -2.20. The van der Waals surface area contributed by atoms with E-state index in [1.165, 1.54) is 6.07 Å². The summed E-state index contributed by atoms with van der Waals surface area (Å²) in [7, 11) is 0. The Balaban J connectivity index is 2.34. The molecule has 0 aliphatic rings. The molecule has 4 heteroatoms. The lowest BCUT2D eigenvalue weighted by Gasteiger charge is -2.31. The Morgan fingerprint density at radius 2 is 1.76 bits per heavy atom. The van der Waals surface area contributed by atoms with Crippen LogP contribution in [0.15, 0.2) is 54.6 Å². The Morgan fingerprint density at radius 3 is 2.33 bits per heavy atom. The molecular weight excluding hydrogens is 267 g/mol. The largest absolute Gasteiger partial charge is 0.368 e. The normalized spacial score (nSPS) is 13.6. The minimum absolute atomic E-state index is 0.288. The van der Waals surface area contributed by atoms with E-state index in [-0.39, 0.29) is 5.56 Å². The number of amides is 1. The van der Waals surface area contributed by atoms with Crippen molar-refractivity contribution >= 4 is 5.91 Å². The van der Waals surface area contributed by atoms with Crippen molar-refractivity contribution in [1.82, 2.24) is 5.32 Å². The fourth-order valence-corrected chi connectivity index (χ4v) is 2.46. The molecule has 0 fully saturated rings. The van der Waals surface area contributed by atoms with Crippen LogP contribution in [0.25, 0.3) is 0 Å². The highest BCUT2D eigenvalue weighted by atomic mass is 19.1. The van der Waals surface area contributed by atoms with Crippen molar-refractivity contribution in [2.24, 2.45) is 5.73 Å². The lowest BCUT2D eigenvalue weighted by Crippen LogP contribution is -2.52. The van der Waals surface area contributed by atoms with Crippen LogP contribution in [0.1, 0.15) is 24.5 Å². The predicted molar refractivity (Wildman–Crippen MR) is 80.8 cm³/mol. The van der Waals surface area contributed by atoms with Gasteiger partial charge in [-0.05, 0) is 18.1 Å². The van der Waals surface area contributed by atoms with Gasteiger partial charge < -0.3 is 5.73 Å². The smallest absolute Gasteiger partial charge is 0.242 e. The van der Waals surface area contributed by atoms with Crippen LogP contribution in [-0.2, 0) is 16.9 Å². The van der Waals surface area contributed by atoms with Gasteiger partial charge in [-0.15, -0.1) is 0 Å². The SMILES string of the molecule is CCC(NCc1ccccc1)(C(N)=O)c1ccccc1F. The summed E-state index contributed by atoms with van der Waals surface area (Å²) in [4.78, 5) is 12.0. The van der Waals surface area contributed by atoms with Crippen molar-refractivity contribution in [2.45, 2.75) is 25.4 Å². The number of halogens is 1. The molecule has 2 aromatic carbocycles.